The Morgan fingerprint density at radius 2 is 0.647 bits per heavy atom. The van der Waals surface area contributed by atoms with Gasteiger partial charge in [-0.1, -0.05) is 134 Å². The molecule has 17 nitrogen and oxygen atoms in total. The predicted molar refractivity (Wildman–Crippen MR) is 556 cm³/mol. The average Bonchev–Trinajstić information content (AvgIpc) is 1.55. The highest BCUT2D eigenvalue weighted by molar-refractivity contribution is 8.26. The van der Waals surface area contributed by atoms with E-state index in [-0.39, 0.29) is 10.2 Å². The van der Waals surface area contributed by atoms with Gasteiger partial charge in [-0.3, -0.25) is 14.5 Å². The van der Waals surface area contributed by atoms with Crippen molar-refractivity contribution in [3.05, 3.63) is 403 Å². The summed E-state index contributed by atoms with van der Waals surface area (Å²) in [5.74, 6) is 5.06. The van der Waals surface area contributed by atoms with Gasteiger partial charge in [0.15, 0.2) is 0 Å². The van der Waals surface area contributed by atoms with Gasteiger partial charge in [0.2, 0.25) is 0 Å². The molecule has 1 amide bonds. The van der Waals surface area contributed by atoms with Crippen LogP contribution in [0.1, 0.15) is 53.0 Å². The van der Waals surface area contributed by atoms with Gasteiger partial charge >= 0.3 is 5.97 Å². The number of methoxy groups -OCH3 is 8. The highest BCUT2D eigenvalue weighted by Gasteiger charge is 2.43. The van der Waals surface area contributed by atoms with E-state index in [1.807, 2.05) is 121 Å². The molecule has 2 aliphatic carbocycles. The van der Waals surface area contributed by atoms with Crippen LogP contribution in [0.5, 0.6) is 46.0 Å². The molecule has 2 aliphatic heterocycles. The van der Waals surface area contributed by atoms with Gasteiger partial charge in [-0.2, -0.15) is 0 Å². The summed E-state index contributed by atoms with van der Waals surface area (Å²) in [5, 5.41) is 9.16. The van der Waals surface area contributed by atoms with Crippen molar-refractivity contribution in [1.29, 1.82) is 0 Å². The third-order valence-electron chi connectivity index (χ3n) is 25.5. The number of carboxylic acid groups (broad SMARTS) is 1. The van der Waals surface area contributed by atoms with Crippen molar-refractivity contribution in [3.63, 3.8) is 0 Å². The number of anilines is 14. The first-order chi connectivity index (χ1) is 66.6. The zero-order valence-corrected chi connectivity index (χ0v) is 78.0. The van der Waals surface area contributed by atoms with E-state index < -0.39 is 12.5 Å². The summed E-state index contributed by atoms with van der Waals surface area (Å²) in [4.78, 5) is 37.2. The lowest BCUT2D eigenvalue weighted by atomic mass is 9.80. The van der Waals surface area contributed by atoms with Gasteiger partial charge in [0.05, 0.1) is 61.8 Å². The number of carbonyl (C=O) groups is 2. The average molecular weight is 1830 g/mol. The Kier molecular flexibility index (Phi) is 26.0. The Balaban J connectivity index is 0.000000224. The first kappa shape index (κ1) is 89.0. The molecule has 16 aromatic carbocycles. The largest absolute Gasteiger partial charge is 0.497 e. The zero-order valence-electron chi connectivity index (χ0n) is 76.4. The fraction of sp³-hybridized carbons (Fsp3) is 0.120. The second-order valence-corrected chi connectivity index (χ2v) is 34.9. The number of aliphatic carboxylic acids is 1. The highest BCUT2D eigenvalue weighted by Crippen LogP contribution is 2.57. The first-order valence-corrected chi connectivity index (χ1v) is 46.1. The van der Waals surface area contributed by atoms with E-state index in [4.69, 9.17) is 55.2 Å². The molecule has 2 atom stereocenters. The molecule has 0 bridgehead atoms. The van der Waals surface area contributed by atoms with Gasteiger partial charge in [0, 0.05) is 91.6 Å². The second kappa shape index (κ2) is 39.7. The molecule has 20 rings (SSSR count). The van der Waals surface area contributed by atoms with E-state index >= 15 is 0 Å². The smallest absolute Gasteiger partial charge is 0.323 e. The van der Waals surface area contributed by atoms with Gasteiger partial charge < -0.3 is 67.5 Å². The first-order valence-electron chi connectivity index (χ1n) is 44.9. The molecule has 19 heteroatoms. The molecule has 0 radical (unpaired) electrons. The number of thiocarbonyl (C=S) groups is 1. The topological polar surface area (TPSA) is 148 Å². The lowest BCUT2D eigenvalue weighted by molar-refractivity contribution is -0.140. The number of hydrogen-bond acceptors (Lipinski definition) is 17. The summed E-state index contributed by atoms with van der Waals surface area (Å²) >= 11 is 6.44. The van der Waals surface area contributed by atoms with E-state index in [1.165, 1.54) is 40.1 Å². The van der Waals surface area contributed by atoms with E-state index in [2.05, 4.69) is 285 Å². The number of hydrogen-bond donors (Lipinski definition) is 1. The number of fused-ring (bicyclic) bond motifs is 11. The molecule has 4 aliphatic rings. The number of carboxylic acids is 1. The molecule has 0 spiro atoms. The van der Waals surface area contributed by atoms with Crippen LogP contribution in [-0.2, 0) is 9.59 Å². The molecule has 1 saturated carbocycles. The lowest BCUT2D eigenvalue weighted by Crippen LogP contribution is -2.33. The third-order valence-corrected chi connectivity index (χ3v) is 26.9. The number of benzene rings is 16. The highest BCUT2D eigenvalue weighted by atomic mass is 32.2. The molecule has 2 fully saturated rings. The van der Waals surface area contributed by atoms with Crippen LogP contribution in [0.15, 0.2) is 375 Å². The molecule has 674 valence electrons. The maximum atomic E-state index is 12.8. The lowest BCUT2D eigenvalue weighted by Gasteiger charge is -2.32. The van der Waals surface area contributed by atoms with Crippen molar-refractivity contribution in [2.75, 3.05) is 87.9 Å². The van der Waals surface area contributed by atoms with Crippen LogP contribution in [0.3, 0.4) is 0 Å². The molecular weight excluding hydrogens is 1730 g/mol. The fourth-order valence-electron chi connectivity index (χ4n) is 18.8. The van der Waals surface area contributed by atoms with E-state index in [0.717, 1.165) is 199 Å². The number of carbonyl (C=O) groups excluding carboxylic acids is 1. The monoisotopic (exact) mass is 1830 g/mol. The van der Waals surface area contributed by atoms with Gasteiger partial charge in [0.1, 0.15) is 56.9 Å². The van der Waals surface area contributed by atoms with Crippen molar-refractivity contribution >= 4 is 138 Å². The van der Waals surface area contributed by atoms with Crippen LogP contribution < -0.4 is 62.4 Å². The Labute approximate surface area is 802 Å². The molecule has 1 saturated heterocycles. The minimum atomic E-state index is -1.08. The summed E-state index contributed by atoms with van der Waals surface area (Å²) in [7, 11) is 13.5. The van der Waals surface area contributed by atoms with Crippen molar-refractivity contribution in [1.82, 2.24) is 4.90 Å². The van der Waals surface area contributed by atoms with Crippen molar-refractivity contribution in [2.24, 2.45) is 0 Å². The maximum absolute atomic E-state index is 12.8. The number of nitrogens with zero attached hydrogens (tertiary/aromatic N) is 6. The Bertz CT molecular complexity index is 6300. The number of rotatable bonds is 27. The van der Waals surface area contributed by atoms with Crippen molar-refractivity contribution in [2.45, 2.75) is 31.2 Å². The summed E-state index contributed by atoms with van der Waals surface area (Å²) in [6.45, 7) is -0.417. The molecule has 0 aromatic heterocycles. The SMILES string of the molecule is COc1ccc(N(c2ccc(OC)cc2)c2ccc3c(c2)-c2cc(N(c4ccc(OC)cc4)c4ccc(OC)cc4)ccc2-c2ccc(N(c4ccc(OC)cc4)c4ccc(OC)cc4)cc2-c2cc(N(c4ccc(OC)cc4)c4ccc(OC)cc4)ccc2-3)cc1.O=C(O)CN1C(=O)/C(=C/c2ccc3c(c2)C2CCCC2N3c2ccc(C=C(c3ccccc3)c3ccccc3)cc2)SC1=S. The standard InChI is InChI=1S/C80H68N4O8.C37H30N2O3S2/c1-85-65-29-9-53(10-30-65)81(54-11-31-66(86-2)32-12-54)61-25-45-73-74-46-26-63(83(57-17-37-69(89-5)38-18-57)58-19-39-70(90-6)40-20-58)51-79(74)80-52-64(84(59-21-41-71(91-7)42-22-59)60-23-43-72(92-8)44-24-60)28-48-76(80)75-47-27-62(50-78(75)77(73)49-61)82(55-13-33-67(87-3)34-14-55)56-15-35-68(88-4)36-16-56;40-35(41)23-38-36(42)34(44-37(38)43)22-25-16-19-33-31(21-25)29-12-7-13-32(29)39(33)28-17-14-24(15-18-28)20-30(26-8-3-1-4-9-26)27-10-5-2-6-11-27/h9-52H,1-8H3;1-6,8-11,14-22,29,32H,7,12-13,23H2,(H,40,41)/b;34-22-. The summed E-state index contributed by atoms with van der Waals surface area (Å²) in [5.41, 5.74) is 28.8. The Hall–Kier alpha value is -16.2. The summed E-state index contributed by atoms with van der Waals surface area (Å²) in [6, 6.07) is 130. The predicted octanol–water partition coefficient (Wildman–Crippen LogP) is 29.0. The zero-order chi connectivity index (χ0) is 93.5. The van der Waals surface area contributed by atoms with E-state index in [9.17, 15) is 9.59 Å². The maximum Gasteiger partial charge on any atom is 0.323 e. The third kappa shape index (κ3) is 18.2. The number of thioether (sulfide) groups is 1. The fourth-order valence-corrected chi connectivity index (χ4v) is 20.1. The van der Waals surface area contributed by atoms with Crippen LogP contribution in [0, 0.1) is 0 Å². The van der Waals surface area contributed by atoms with Crippen LogP contribution >= 0.6 is 24.0 Å². The number of amides is 1. The Morgan fingerprint density at radius 1 is 0.353 bits per heavy atom. The van der Waals surface area contributed by atoms with Crippen LogP contribution in [0.2, 0.25) is 0 Å². The van der Waals surface area contributed by atoms with E-state index in [0.29, 0.717) is 16.9 Å². The van der Waals surface area contributed by atoms with Crippen molar-refractivity contribution in [3.8, 4) is 90.5 Å². The van der Waals surface area contributed by atoms with Gasteiger partial charge in [-0.05, 0) is 370 Å². The Morgan fingerprint density at radius 3 is 0.941 bits per heavy atom. The van der Waals surface area contributed by atoms with Gasteiger partial charge in [-0.25, -0.2) is 0 Å². The minimum absolute atomic E-state index is 0.282. The molecule has 16 aromatic rings. The molecule has 2 unspecified atom stereocenters. The van der Waals surface area contributed by atoms with Crippen LogP contribution in [-0.4, -0.2) is 95.7 Å². The second-order valence-electron chi connectivity index (χ2n) is 33.2. The molecule has 136 heavy (non-hydrogen) atoms. The molecular formula is C117H98N6O11S2. The summed E-state index contributed by atoms with van der Waals surface area (Å²) < 4.78 is 45.9. The van der Waals surface area contributed by atoms with Gasteiger partial charge in [-0.15, -0.1) is 0 Å². The van der Waals surface area contributed by atoms with Crippen molar-refractivity contribution < 1.29 is 52.6 Å². The van der Waals surface area contributed by atoms with Crippen LogP contribution in [0.4, 0.5) is 79.6 Å². The van der Waals surface area contributed by atoms with E-state index in [1.54, 1.807) is 56.9 Å². The van der Waals surface area contributed by atoms with Gasteiger partial charge in [0.25, 0.3) is 5.91 Å². The molecule has 2 heterocycles. The quantitative estimate of drug-likeness (QED) is 0.0295. The minimum Gasteiger partial charge on any atom is -0.497 e. The normalized spacial score (nSPS) is 13.9. The molecule has 1 N–H and O–H groups in total. The number of ether oxygens (including phenoxy) is 8. The summed E-state index contributed by atoms with van der Waals surface area (Å²) in [6.07, 6.45) is 7.55. The van der Waals surface area contributed by atoms with Crippen LogP contribution in [0.25, 0.3) is 62.2 Å².